The van der Waals surface area contributed by atoms with Gasteiger partial charge in [-0.2, -0.15) is 17.0 Å². The minimum Gasteiger partial charge on any atom is -0.324 e. The molecule has 6 rings (SSSR count). The Morgan fingerprint density at radius 3 is 2.43 bits per heavy atom. The first kappa shape index (κ1) is 33.4. The number of benzene rings is 2. The highest BCUT2D eigenvalue weighted by Crippen LogP contribution is 2.53. The van der Waals surface area contributed by atoms with E-state index in [0.29, 0.717) is 24.6 Å². The molecule has 3 aliphatic rings. The fraction of sp³-hybridized carbons (Fsp3) is 0.438. The predicted molar refractivity (Wildman–Crippen MR) is 161 cm³/mol. The maximum atomic E-state index is 15.3. The summed E-state index contributed by atoms with van der Waals surface area (Å²) >= 11 is 0. The topological polar surface area (TPSA) is 94.6 Å². The van der Waals surface area contributed by atoms with Crippen LogP contribution in [0.2, 0.25) is 0 Å². The first-order valence-corrected chi connectivity index (χ1v) is 16.7. The van der Waals surface area contributed by atoms with Crippen LogP contribution < -0.4 is 10.6 Å². The number of anilines is 1. The average molecular weight is 682 g/mol. The first-order valence-electron chi connectivity index (χ1n) is 15.3. The molecule has 15 heteroatoms. The van der Waals surface area contributed by atoms with Crippen LogP contribution in [0.1, 0.15) is 48.3 Å². The molecule has 3 fully saturated rings. The standard InChI is InChI=1S/C32H33F6N5O3S/c33-23-4-2-20(3-5-23)26(21-10-24(34)13-25(35)11-21)14-30(44)41-29-17-40-16-28(36)27(29)12-22-15-31(22)18-39-7-9-43(31)47(45,46)42-8-1-6-32(37,38)19-42/h2-5,10-11,13,16-17,22,26,39H,1,6-9,12,14-15,18-19H2,(H,41,44)/t22-,26+,31+/m1/s1. The highest BCUT2D eigenvalue weighted by atomic mass is 32.2. The van der Waals surface area contributed by atoms with Crippen molar-refractivity contribution in [1.82, 2.24) is 18.9 Å². The summed E-state index contributed by atoms with van der Waals surface area (Å²) in [7, 11) is -4.25. The zero-order valence-electron chi connectivity index (χ0n) is 25.2. The van der Waals surface area contributed by atoms with Crippen molar-refractivity contribution < 1.29 is 39.6 Å². The third-order valence-corrected chi connectivity index (χ3v) is 11.3. The Balaban J connectivity index is 1.22. The summed E-state index contributed by atoms with van der Waals surface area (Å²) in [5.74, 6) is -8.03. The van der Waals surface area contributed by atoms with E-state index < -0.39 is 69.2 Å². The lowest BCUT2D eigenvalue weighted by molar-refractivity contribution is -0.116. The second-order valence-electron chi connectivity index (χ2n) is 12.5. The van der Waals surface area contributed by atoms with Gasteiger partial charge in [-0.1, -0.05) is 12.1 Å². The van der Waals surface area contributed by atoms with Gasteiger partial charge in [0.05, 0.1) is 30.2 Å². The minimum atomic E-state index is -4.25. The number of rotatable bonds is 9. The van der Waals surface area contributed by atoms with E-state index in [0.717, 1.165) is 34.8 Å². The third kappa shape index (κ3) is 7.03. The van der Waals surface area contributed by atoms with Crippen LogP contribution in [0.3, 0.4) is 0 Å². The molecule has 1 saturated carbocycles. The Morgan fingerprint density at radius 1 is 1.00 bits per heavy atom. The molecule has 0 bridgehead atoms. The van der Waals surface area contributed by atoms with E-state index in [1.54, 1.807) is 0 Å². The van der Waals surface area contributed by atoms with Crippen LogP contribution in [0.5, 0.6) is 0 Å². The number of amides is 1. The van der Waals surface area contributed by atoms with E-state index in [-0.39, 0.29) is 62.1 Å². The number of alkyl halides is 2. The fourth-order valence-electron chi connectivity index (χ4n) is 6.87. The van der Waals surface area contributed by atoms with Gasteiger partial charge in [-0.15, -0.1) is 0 Å². The van der Waals surface area contributed by atoms with Crippen molar-refractivity contribution >= 4 is 21.8 Å². The number of piperazine rings is 1. The Labute approximate surface area is 268 Å². The van der Waals surface area contributed by atoms with E-state index in [9.17, 15) is 35.2 Å². The third-order valence-electron chi connectivity index (χ3n) is 9.26. The molecule has 47 heavy (non-hydrogen) atoms. The van der Waals surface area contributed by atoms with Gasteiger partial charge in [0.2, 0.25) is 5.91 Å². The van der Waals surface area contributed by atoms with Crippen LogP contribution in [0, 0.1) is 29.2 Å². The predicted octanol–water partition coefficient (Wildman–Crippen LogP) is 4.98. The summed E-state index contributed by atoms with van der Waals surface area (Å²) in [6.07, 6.45) is 1.91. The molecule has 3 atom stereocenters. The number of aromatic nitrogens is 1. The van der Waals surface area contributed by atoms with Crippen LogP contribution in [-0.4, -0.2) is 72.1 Å². The average Bonchev–Trinajstić information content (AvgIpc) is 3.68. The highest BCUT2D eigenvalue weighted by molar-refractivity contribution is 7.86. The van der Waals surface area contributed by atoms with Crippen LogP contribution in [0.15, 0.2) is 54.9 Å². The van der Waals surface area contributed by atoms with Crippen molar-refractivity contribution in [1.29, 1.82) is 0 Å². The van der Waals surface area contributed by atoms with Crippen molar-refractivity contribution in [3.8, 4) is 0 Å². The number of nitrogens with one attached hydrogen (secondary N) is 2. The maximum Gasteiger partial charge on any atom is 0.282 e. The molecule has 1 amide bonds. The number of piperidine rings is 1. The van der Waals surface area contributed by atoms with E-state index >= 15 is 4.39 Å². The second kappa shape index (κ2) is 12.8. The van der Waals surface area contributed by atoms with Crippen molar-refractivity contribution in [3.05, 3.63) is 94.8 Å². The SMILES string of the molecule is O=C(C[C@@H](c1ccc(F)cc1)c1cc(F)cc(F)c1)Nc1cncc(F)c1C[C@@H]1C[C@]12CNCCN2S(=O)(=O)N1CCCC(F)(F)C1. The molecule has 0 unspecified atom stereocenters. The molecule has 3 heterocycles. The van der Waals surface area contributed by atoms with Gasteiger partial charge in [0.1, 0.15) is 23.3 Å². The molecule has 1 spiro atoms. The summed E-state index contributed by atoms with van der Waals surface area (Å²) in [5.41, 5.74) is -0.288. The maximum absolute atomic E-state index is 15.3. The molecule has 2 aromatic carbocycles. The van der Waals surface area contributed by atoms with Gasteiger partial charge in [0.15, 0.2) is 0 Å². The van der Waals surface area contributed by atoms with Gasteiger partial charge in [-0.05, 0) is 60.6 Å². The number of hydrogen-bond acceptors (Lipinski definition) is 5. The number of hydrogen-bond donors (Lipinski definition) is 2. The van der Waals surface area contributed by atoms with E-state index in [1.807, 2.05) is 0 Å². The lowest BCUT2D eigenvalue weighted by Crippen LogP contribution is -2.61. The summed E-state index contributed by atoms with van der Waals surface area (Å²) in [6.45, 7) is -0.267. The van der Waals surface area contributed by atoms with Crippen LogP contribution in [0.4, 0.5) is 32.0 Å². The van der Waals surface area contributed by atoms with Crippen molar-refractivity contribution in [2.75, 3.05) is 38.0 Å². The lowest BCUT2D eigenvalue weighted by Gasteiger charge is -2.41. The van der Waals surface area contributed by atoms with Crippen LogP contribution >= 0.6 is 0 Å². The number of halogens is 6. The van der Waals surface area contributed by atoms with Gasteiger partial charge in [-0.25, -0.2) is 26.3 Å². The van der Waals surface area contributed by atoms with Gasteiger partial charge in [0, 0.05) is 56.6 Å². The monoisotopic (exact) mass is 681 g/mol. The van der Waals surface area contributed by atoms with Crippen molar-refractivity contribution in [2.45, 2.75) is 49.5 Å². The summed E-state index contributed by atoms with van der Waals surface area (Å²) in [4.78, 5) is 17.3. The van der Waals surface area contributed by atoms with E-state index in [4.69, 9.17) is 0 Å². The Kier molecular flexibility index (Phi) is 9.11. The fourth-order valence-corrected chi connectivity index (χ4v) is 8.93. The van der Waals surface area contributed by atoms with Gasteiger partial charge >= 0.3 is 0 Å². The molecule has 1 aromatic heterocycles. The van der Waals surface area contributed by atoms with Crippen molar-refractivity contribution in [2.24, 2.45) is 5.92 Å². The molecular weight excluding hydrogens is 648 g/mol. The Hall–Kier alpha value is -3.53. The summed E-state index contributed by atoms with van der Waals surface area (Å²) in [5, 5.41) is 5.82. The molecule has 2 N–H and O–H groups in total. The number of nitrogens with zero attached hydrogens (tertiary/aromatic N) is 3. The smallest absolute Gasteiger partial charge is 0.282 e. The number of carbonyl (C=O) groups excluding carboxylic acids is 1. The molecule has 2 saturated heterocycles. The van der Waals surface area contributed by atoms with Gasteiger partial charge in [-0.3, -0.25) is 9.78 Å². The van der Waals surface area contributed by atoms with Crippen LogP contribution in [-0.2, 0) is 21.4 Å². The molecule has 8 nitrogen and oxygen atoms in total. The molecule has 252 valence electrons. The summed E-state index contributed by atoms with van der Waals surface area (Å²) in [6, 6.07) is 7.98. The Bertz CT molecular complexity index is 1740. The minimum absolute atomic E-state index is 0.0149. The van der Waals surface area contributed by atoms with Crippen LogP contribution in [0.25, 0.3) is 0 Å². The first-order chi connectivity index (χ1) is 22.3. The molecule has 2 aliphatic heterocycles. The van der Waals surface area contributed by atoms with E-state index in [2.05, 4.69) is 15.6 Å². The normalized spacial score (nSPS) is 23.8. The van der Waals surface area contributed by atoms with E-state index in [1.165, 1.54) is 22.6 Å². The lowest BCUT2D eigenvalue weighted by atomic mass is 9.88. The zero-order valence-corrected chi connectivity index (χ0v) is 26.0. The number of carbonyl (C=O) groups is 1. The summed E-state index contributed by atoms with van der Waals surface area (Å²) < 4.78 is 115. The van der Waals surface area contributed by atoms with Gasteiger partial charge in [0.25, 0.3) is 16.1 Å². The quantitative estimate of drug-likeness (QED) is 0.311. The molecule has 3 aromatic rings. The largest absolute Gasteiger partial charge is 0.324 e. The highest BCUT2D eigenvalue weighted by Gasteiger charge is 2.63. The Morgan fingerprint density at radius 2 is 1.72 bits per heavy atom. The zero-order chi connectivity index (χ0) is 33.6. The molecule has 0 radical (unpaired) electrons. The molecular formula is C32H33F6N5O3S. The number of pyridine rings is 1. The second-order valence-corrected chi connectivity index (χ2v) is 14.3. The molecule has 1 aliphatic carbocycles. The van der Waals surface area contributed by atoms with Crippen molar-refractivity contribution in [3.63, 3.8) is 0 Å². The van der Waals surface area contributed by atoms with Gasteiger partial charge < -0.3 is 10.6 Å².